The Morgan fingerprint density at radius 1 is 0.190 bits per heavy atom. The Morgan fingerprint density at radius 3 is 0.931 bits per heavy atom. The molecule has 10 rings (SSSR count). The first-order chi connectivity index (χ1) is 28.8. The van der Waals surface area contributed by atoms with Crippen LogP contribution in [0.5, 0.6) is 0 Å². The van der Waals surface area contributed by atoms with Crippen molar-refractivity contribution in [2.75, 3.05) is 9.80 Å². The summed E-state index contributed by atoms with van der Waals surface area (Å²) in [5, 5.41) is 5.01. The molecule has 2 nitrogen and oxygen atoms in total. The molecule has 0 aliphatic rings. The van der Waals surface area contributed by atoms with E-state index in [0.29, 0.717) is 0 Å². The Balaban J connectivity index is 1.10. The molecule has 2 heteroatoms. The minimum absolute atomic E-state index is 1.07. The molecular formula is C56H40N2. The van der Waals surface area contributed by atoms with E-state index in [0.717, 1.165) is 34.1 Å². The molecule has 274 valence electrons. The Morgan fingerprint density at radius 2 is 0.483 bits per heavy atom. The number of nitrogens with zero attached hydrogens (tertiary/aromatic N) is 2. The monoisotopic (exact) mass is 740 g/mol. The highest BCUT2D eigenvalue weighted by atomic mass is 15.2. The third kappa shape index (κ3) is 6.57. The van der Waals surface area contributed by atoms with E-state index in [4.69, 9.17) is 0 Å². The highest BCUT2D eigenvalue weighted by Gasteiger charge is 2.19. The van der Waals surface area contributed by atoms with Gasteiger partial charge in [-0.1, -0.05) is 170 Å². The minimum Gasteiger partial charge on any atom is -0.311 e. The van der Waals surface area contributed by atoms with Crippen LogP contribution in [0, 0.1) is 0 Å². The summed E-state index contributed by atoms with van der Waals surface area (Å²) in [6, 6.07) is 87.1. The summed E-state index contributed by atoms with van der Waals surface area (Å²) < 4.78 is 0. The van der Waals surface area contributed by atoms with Crippen LogP contribution in [-0.4, -0.2) is 0 Å². The summed E-state index contributed by atoms with van der Waals surface area (Å²) in [6.45, 7) is 0. The summed E-state index contributed by atoms with van der Waals surface area (Å²) in [6.07, 6.45) is 0. The molecule has 0 unspecified atom stereocenters. The number of anilines is 6. The minimum atomic E-state index is 1.07. The largest absolute Gasteiger partial charge is 0.311 e. The summed E-state index contributed by atoms with van der Waals surface area (Å²) in [5.41, 5.74) is 13.9. The van der Waals surface area contributed by atoms with E-state index in [-0.39, 0.29) is 0 Å². The first kappa shape index (κ1) is 34.8. The van der Waals surface area contributed by atoms with Gasteiger partial charge in [-0.3, -0.25) is 0 Å². The van der Waals surface area contributed by atoms with E-state index in [2.05, 4.69) is 252 Å². The fraction of sp³-hybridized carbons (Fsp3) is 0. The number of hydrogen-bond acceptors (Lipinski definition) is 2. The lowest BCUT2D eigenvalue weighted by molar-refractivity contribution is 1.26. The van der Waals surface area contributed by atoms with Crippen molar-refractivity contribution in [3.8, 4) is 33.4 Å². The zero-order chi connectivity index (χ0) is 38.7. The first-order valence-electron chi connectivity index (χ1n) is 19.9. The summed E-state index contributed by atoms with van der Waals surface area (Å²) in [4.78, 5) is 4.67. The number of benzene rings is 10. The summed E-state index contributed by atoms with van der Waals surface area (Å²) in [7, 11) is 0. The SMILES string of the molecule is c1ccc(-c2cccc(N(c3ccc(-c4c5ccccc5c(-c5ccccc5)c5ccccc45)cc3)c3ccc(N(c4ccccc4)c4ccccc4)cc3)c2)cc1. The molecule has 0 aliphatic carbocycles. The third-order valence-electron chi connectivity index (χ3n) is 11.0. The van der Waals surface area contributed by atoms with Crippen molar-refractivity contribution in [1.82, 2.24) is 0 Å². The van der Waals surface area contributed by atoms with E-state index in [1.54, 1.807) is 0 Å². The lowest BCUT2D eigenvalue weighted by Crippen LogP contribution is -2.12. The van der Waals surface area contributed by atoms with Gasteiger partial charge in [0.05, 0.1) is 0 Å². The maximum absolute atomic E-state index is 2.37. The molecule has 0 N–H and O–H groups in total. The molecule has 0 amide bonds. The van der Waals surface area contributed by atoms with Crippen LogP contribution in [0.25, 0.3) is 54.9 Å². The normalized spacial score (nSPS) is 11.1. The first-order valence-corrected chi connectivity index (χ1v) is 19.9. The smallest absolute Gasteiger partial charge is 0.0467 e. The lowest BCUT2D eigenvalue weighted by atomic mass is 9.86. The molecule has 0 fully saturated rings. The number of rotatable bonds is 9. The average molecular weight is 741 g/mol. The number of fused-ring (bicyclic) bond motifs is 2. The van der Waals surface area contributed by atoms with Gasteiger partial charge in [0.1, 0.15) is 0 Å². The van der Waals surface area contributed by atoms with Crippen LogP contribution in [0.2, 0.25) is 0 Å². The summed E-state index contributed by atoms with van der Waals surface area (Å²) >= 11 is 0. The second kappa shape index (κ2) is 15.5. The van der Waals surface area contributed by atoms with Gasteiger partial charge in [-0.25, -0.2) is 0 Å². The van der Waals surface area contributed by atoms with Gasteiger partial charge in [0, 0.05) is 34.1 Å². The van der Waals surface area contributed by atoms with Crippen LogP contribution < -0.4 is 9.80 Å². The highest BCUT2D eigenvalue weighted by molar-refractivity contribution is 6.21. The van der Waals surface area contributed by atoms with Gasteiger partial charge < -0.3 is 9.80 Å². The van der Waals surface area contributed by atoms with Gasteiger partial charge in [-0.05, 0) is 128 Å². The third-order valence-corrected chi connectivity index (χ3v) is 11.0. The fourth-order valence-corrected chi connectivity index (χ4v) is 8.39. The second-order valence-corrected chi connectivity index (χ2v) is 14.5. The van der Waals surface area contributed by atoms with Crippen molar-refractivity contribution in [1.29, 1.82) is 0 Å². The lowest BCUT2D eigenvalue weighted by Gasteiger charge is -2.28. The molecule has 58 heavy (non-hydrogen) atoms. The van der Waals surface area contributed by atoms with Crippen molar-refractivity contribution in [3.63, 3.8) is 0 Å². The van der Waals surface area contributed by atoms with Crippen LogP contribution in [0.3, 0.4) is 0 Å². The maximum atomic E-state index is 2.37. The highest BCUT2D eigenvalue weighted by Crippen LogP contribution is 2.45. The Bertz CT molecular complexity index is 2860. The molecule has 0 aliphatic heterocycles. The Labute approximate surface area is 340 Å². The van der Waals surface area contributed by atoms with Gasteiger partial charge in [0.15, 0.2) is 0 Å². The van der Waals surface area contributed by atoms with E-state index >= 15 is 0 Å². The topological polar surface area (TPSA) is 6.48 Å². The van der Waals surface area contributed by atoms with Gasteiger partial charge in [0.25, 0.3) is 0 Å². The predicted octanol–water partition coefficient (Wildman–Crippen LogP) is 15.9. The van der Waals surface area contributed by atoms with Crippen molar-refractivity contribution in [2.45, 2.75) is 0 Å². The standard InChI is InChI=1S/C56H40N2/c1-5-18-41(19-6-1)44-22-17-27-50(40-44)58(49-38-36-48(37-39-49)57(45-23-9-3-10-24-45)46-25-11-4-12-26-46)47-34-32-43(33-35-47)56-53-30-15-13-28-51(53)55(42-20-7-2-8-21-42)52-29-14-16-31-54(52)56/h1-40H. The van der Waals surface area contributed by atoms with E-state index in [9.17, 15) is 0 Å². The van der Waals surface area contributed by atoms with Gasteiger partial charge in [-0.2, -0.15) is 0 Å². The zero-order valence-electron chi connectivity index (χ0n) is 32.0. The molecular weight excluding hydrogens is 701 g/mol. The van der Waals surface area contributed by atoms with Crippen molar-refractivity contribution >= 4 is 55.7 Å². The van der Waals surface area contributed by atoms with E-state index < -0.39 is 0 Å². The van der Waals surface area contributed by atoms with Gasteiger partial charge in [-0.15, -0.1) is 0 Å². The Hall–Kier alpha value is -7.68. The average Bonchev–Trinajstić information content (AvgIpc) is 3.30. The van der Waals surface area contributed by atoms with Crippen molar-refractivity contribution < 1.29 is 0 Å². The fourth-order valence-electron chi connectivity index (χ4n) is 8.39. The van der Waals surface area contributed by atoms with Crippen LogP contribution in [-0.2, 0) is 0 Å². The van der Waals surface area contributed by atoms with Crippen LogP contribution in [0.4, 0.5) is 34.1 Å². The molecule has 0 saturated heterocycles. The number of para-hydroxylation sites is 2. The summed E-state index contributed by atoms with van der Waals surface area (Å²) in [5.74, 6) is 0. The van der Waals surface area contributed by atoms with Crippen LogP contribution in [0.15, 0.2) is 243 Å². The molecule has 10 aromatic rings. The zero-order valence-corrected chi connectivity index (χ0v) is 32.0. The molecule has 0 saturated carbocycles. The van der Waals surface area contributed by atoms with E-state index in [1.807, 2.05) is 0 Å². The molecule has 0 spiro atoms. The molecule has 0 atom stereocenters. The molecule has 10 aromatic carbocycles. The maximum Gasteiger partial charge on any atom is 0.0467 e. The quantitative estimate of drug-likeness (QED) is 0.136. The van der Waals surface area contributed by atoms with Crippen LogP contribution in [0.1, 0.15) is 0 Å². The molecule has 0 radical (unpaired) electrons. The second-order valence-electron chi connectivity index (χ2n) is 14.5. The van der Waals surface area contributed by atoms with Gasteiger partial charge >= 0.3 is 0 Å². The van der Waals surface area contributed by atoms with E-state index in [1.165, 1.54) is 54.9 Å². The van der Waals surface area contributed by atoms with Crippen molar-refractivity contribution in [2.24, 2.45) is 0 Å². The Kier molecular flexibility index (Phi) is 9.27. The number of hydrogen-bond donors (Lipinski definition) is 0. The van der Waals surface area contributed by atoms with Crippen molar-refractivity contribution in [3.05, 3.63) is 243 Å². The molecule has 0 aromatic heterocycles. The molecule has 0 heterocycles. The van der Waals surface area contributed by atoms with Gasteiger partial charge in [0.2, 0.25) is 0 Å². The predicted molar refractivity (Wildman–Crippen MR) is 247 cm³/mol. The molecule has 0 bridgehead atoms. The van der Waals surface area contributed by atoms with Crippen LogP contribution >= 0.6 is 0 Å².